The summed E-state index contributed by atoms with van der Waals surface area (Å²) in [5, 5.41) is 6.00. The van der Waals surface area contributed by atoms with E-state index in [-0.39, 0.29) is 17.2 Å². The number of hydrogen-bond donors (Lipinski definition) is 2. The van der Waals surface area contributed by atoms with E-state index >= 15 is 0 Å². The van der Waals surface area contributed by atoms with E-state index < -0.39 is 0 Å². The van der Waals surface area contributed by atoms with Crippen molar-refractivity contribution in [1.82, 2.24) is 5.32 Å². The van der Waals surface area contributed by atoms with Gasteiger partial charge >= 0.3 is 0 Å². The maximum Gasteiger partial charge on any atom is 0.253 e. The smallest absolute Gasteiger partial charge is 0.253 e. The summed E-state index contributed by atoms with van der Waals surface area (Å²) in [7, 11) is 0. The third-order valence-electron chi connectivity index (χ3n) is 5.21. The van der Waals surface area contributed by atoms with Crippen molar-refractivity contribution in [2.75, 3.05) is 23.3 Å². The number of nitrogens with zero attached hydrogens (tertiary/aromatic N) is 1. The molecule has 2 aromatic rings. The second kappa shape index (κ2) is 9.79. The third kappa shape index (κ3) is 6.34. The van der Waals surface area contributed by atoms with Crippen LogP contribution in [0.2, 0.25) is 0 Å². The van der Waals surface area contributed by atoms with Gasteiger partial charge in [0.15, 0.2) is 0 Å². The predicted octanol–water partition coefficient (Wildman–Crippen LogP) is 4.98. The van der Waals surface area contributed by atoms with Crippen molar-refractivity contribution in [3.05, 3.63) is 59.7 Å². The number of rotatable bonds is 6. The molecule has 1 aliphatic heterocycles. The summed E-state index contributed by atoms with van der Waals surface area (Å²) in [5.41, 5.74) is 3.18. The quantitative estimate of drug-likeness (QED) is 0.710. The average Bonchev–Trinajstić information content (AvgIpc) is 2.72. The van der Waals surface area contributed by atoms with Crippen LogP contribution in [0.25, 0.3) is 0 Å². The molecule has 0 aromatic heterocycles. The van der Waals surface area contributed by atoms with Gasteiger partial charge in [0, 0.05) is 37.4 Å². The Bertz CT molecular complexity index is 866. The normalized spacial score (nSPS) is 14.3. The van der Waals surface area contributed by atoms with Crippen LogP contribution in [0.15, 0.2) is 48.5 Å². The van der Waals surface area contributed by atoms with E-state index in [4.69, 9.17) is 0 Å². The number of nitrogens with one attached hydrogen (secondary N) is 2. The van der Waals surface area contributed by atoms with Gasteiger partial charge in [-0.15, -0.1) is 0 Å². The molecule has 3 rings (SSSR count). The van der Waals surface area contributed by atoms with Gasteiger partial charge in [-0.25, -0.2) is 0 Å². The van der Waals surface area contributed by atoms with E-state index in [2.05, 4.69) is 15.5 Å². The van der Waals surface area contributed by atoms with E-state index in [1.165, 1.54) is 6.42 Å². The number of carbonyl (C=O) groups is 2. The Hall–Kier alpha value is -2.82. The molecule has 0 saturated carbocycles. The number of piperidine rings is 1. The van der Waals surface area contributed by atoms with Crippen LogP contribution in [-0.4, -0.2) is 24.9 Å². The Morgan fingerprint density at radius 1 is 0.967 bits per heavy atom. The second-order valence-corrected chi connectivity index (χ2v) is 9.23. The number of carbonyl (C=O) groups excluding carboxylic acids is 2. The molecule has 0 spiro atoms. The van der Waals surface area contributed by atoms with Crippen LogP contribution in [0.3, 0.4) is 0 Å². The number of anilines is 2. The van der Waals surface area contributed by atoms with Gasteiger partial charge in [-0.2, -0.15) is 0 Å². The molecule has 5 nitrogen and oxygen atoms in total. The van der Waals surface area contributed by atoms with Gasteiger partial charge in [-0.05, 0) is 48.4 Å². The first-order valence-electron chi connectivity index (χ1n) is 10.8. The van der Waals surface area contributed by atoms with Crippen molar-refractivity contribution in [2.24, 2.45) is 5.41 Å². The fourth-order valence-corrected chi connectivity index (χ4v) is 3.77. The molecule has 1 aliphatic rings. The average molecular weight is 408 g/mol. The summed E-state index contributed by atoms with van der Waals surface area (Å²) < 4.78 is 0. The lowest BCUT2D eigenvalue weighted by Crippen LogP contribution is -2.32. The zero-order valence-corrected chi connectivity index (χ0v) is 18.3. The van der Waals surface area contributed by atoms with Gasteiger partial charge in [-0.3, -0.25) is 9.59 Å². The molecule has 1 fully saturated rings. The molecule has 160 valence electrons. The highest BCUT2D eigenvalue weighted by atomic mass is 16.2. The molecule has 0 atom stereocenters. The summed E-state index contributed by atoms with van der Waals surface area (Å²) in [4.78, 5) is 27.8. The highest BCUT2D eigenvalue weighted by Crippen LogP contribution is 2.28. The number of amides is 2. The van der Waals surface area contributed by atoms with Crippen molar-refractivity contribution in [1.29, 1.82) is 0 Å². The first-order chi connectivity index (χ1) is 14.3. The van der Waals surface area contributed by atoms with Gasteiger partial charge in [0.25, 0.3) is 5.91 Å². The lowest BCUT2D eigenvalue weighted by atomic mass is 9.92. The fourth-order valence-electron chi connectivity index (χ4n) is 3.77. The second-order valence-electron chi connectivity index (χ2n) is 9.23. The first kappa shape index (κ1) is 21.9. The summed E-state index contributed by atoms with van der Waals surface area (Å²) in [6, 6.07) is 15.6. The first-order valence-corrected chi connectivity index (χ1v) is 10.8. The van der Waals surface area contributed by atoms with Crippen LogP contribution in [-0.2, 0) is 11.3 Å². The zero-order valence-electron chi connectivity index (χ0n) is 18.3. The van der Waals surface area contributed by atoms with Crippen molar-refractivity contribution in [3.63, 3.8) is 0 Å². The van der Waals surface area contributed by atoms with E-state index in [1.807, 2.05) is 69.3 Å². The minimum absolute atomic E-state index is 0.0381. The van der Waals surface area contributed by atoms with Crippen LogP contribution >= 0.6 is 0 Å². The molecule has 0 bridgehead atoms. The standard InChI is InChI=1S/C25H33N3O2/c1-25(2,3)17-23(29)27-20-12-13-22(28-14-8-5-9-15-28)21(16-20)24(30)26-18-19-10-6-4-7-11-19/h4,6-7,10-13,16H,5,8-9,14-15,17-18H2,1-3H3,(H,26,30)(H,27,29). The van der Waals surface area contributed by atoms with Crippen LogP contribution in [0.1, 0.15) is 62.4 Å². The highest BCUT2D eigenvalue weighted by Gasteiger charge is 2.21. The maximum atomic E-state index is 13.1. The summed E-state index contributed by atoms with van der Waals surface area (Å²) >= 11 is 0. The van der Waals surface area contributed by atoms with Crippen molar-refractivity contribution < 1.29 is 9.59 Å². The summed E-state index contributed by atoms with van der Waals surface area (Å²) in [6.45, 7) is 8.49. The van der Waals surface area contributed by atoms with Gasteiger partial charge in [0.2, 0.25) is 5.91 Å². The highest BCUT2D eigenvalue weighted by molar-refractivity contribution is 6.02. The SMILES string of the molecule is CC(C)(C)CC(=O)Nc1ccc(N2CCCCC2)c(C(=O)NCc2ccccc2)c1. The van der Waals surface area contributed by atoms with E-state index in [1.54, 1.807) is 0 Å². The molecule has 2 amide bonds. The largest absolute Gasteiger partial charge is 0.371 e. The van der Waals surface area contributed by atoms with Crippen molar-refractivity contribution >= 4 is 23.2 Å². The van der Waals surface area contributed by atoms with Crippen molar-refractivity contribution in [3.8, 4) is 0 Å². The molecular formula is C25H33N3O2. The molecule has 0 aliphatic carbocycles. The molecular weight excluding hydrogens is 374 g/mol. The van der Waals surface area contributed by atoms with Crippen LogP contribution < -0.4 is 15.5 Å². The van der Waals surface area contributed by atoms with Gasteiger partial charge in [-0.1, -0.05) is 51.1 Å². The lowest BCUT2D eigenvalue weighted by molar-refractivity contribution is -0.117. The van der Waals surface area contributed by atoms with Gasteiger partial charge in [0.1, 0.15) is 0 Å². The van der Waals surface area contributed by atoms with Gasteiger partial charge < -0.3 is 15.5 Å². The van der Waals surface area contributed by atoms with E-state index in [9.17, 15) is 9.59 Å². The summed E-state index contributed by atoms with van der Waals surface area (Å²) in [6.07, 6.45) is 3.92. The third-order valence-corrected chi connectivity index (χ3v) is 5.21. The minimum Gasteiger partial charge on any atom is -0.371 e. The molecule has 1 saturated heterocycles. The topological polar surface area (TPSA) is 61.4 Å². The van der Waals surface area contributed by atoms with Crippen LogP contribution in [0, 0.1) is 5.41 Å². The Labute approximate surface area is 179 Å². The Morgan fingerprint density at radius 3 is 2.33 bits per heavy atom. The maximum absolute atomic E-state index is 13.1. The van der Waals surface area contributed by atoms with Gasteiger partial charge in [0.05, 0.1) is 5.56 Å². The van der Waals surface area contributed by atoms with Crippen molar-refractivity contribution in [2.45, 2.75) is 53.0 Å². The Morgan fingerprint density at radius 2 is 1.67 bits per heavy atom. The predicted molar refractivity (Wildman–Crippen MR) is 123 cm³/mol. The molecule has 0 unspecified atom stereocenters. The van der Waals surface area contributed by atoms with Crippen LogP contribution in [0.4, 0.5) is 11.4 Å². The molecule has 30 heavy (non-hydrogen) atoms. The van der Waals surface area contributed by atoms with Crippen LogP contribution in [0.5, 0.6) is 0 Å². The molecule has 0 radical (unpaired) electrons. The monoisotopic (exact) mass is 407 g/mol. The van der Waals surface area contributed by atoms with E-state index in [0.717, 1.165) is 37.2 Å². The molecule has 5 heteroatoms. The lowest BCUT2D eigenvalue weighted by Gasteiger charge is -2.30. The molecule has 2 N–H and O–H groups in total. The Balaban J connectivity index is 1.80. The molecule has 2 aromatic carbocycles. The number of benzene rings is 2. The molecule has 1 heterocycles. The number of hydrogen-bond acceptors (Lipinski definition) is 3. The Kier molecular flexibility index (Phi) is 7.14. The summed E-state index contributed by atoms with van der Waals surface area (Å²) in [5.74, 6) is -0.157. The fraction of sp³-hybridized carbons (Fsp3) is 0.440. The van der Waals surface area contributed by atoms with E-state index in [0.29, 0.717) is 24.2 Å². The minimum atomic E-state index is -0.119. The zero-order chi connectivity index (χ0) is 21.6.